The summed E-state index contributed by atoms with van der Waals surface area (Å²) < 4.78 is 50.8. The highest BCUT2D eigenvalue weighted by molar-refractivity contribution is 5.34. The SMILES string of the molecule is OC1(c2cccc(C(F)(F)F)c2F)CNC1. The summed E-state index contributed by atoms with van der Waals surface area (Å²) in [5.74, 6) is -1.39. The Morgan fingerprint density at radius 3 is 2.31 bits per heavy atom. The van der Waals surface area contributed by atoms with Crippen molar-refractivity contribution >= 4 is 0 Å². The first kappa shape index (κ1) is 11.3. The highest BCUT2D eigenvalue weighted by Gasteiger charge is 2.42. The summed E-state index contributed by atoms with van der Waals surface area (Å²) >= 11 is 0. The van der Waals surface area contributed by atoms with Crippen molar-refractivity contribution in [2.45, 2.75) is 11.8 Å². The smallest absolute Gasteiger partial charge is 0.382 e. The Kier molecular flexibility index (Phi) is 2.43. The van der Waals surface area contributed by atoms with E-state index in [1.54, 1.807) is 0 Å². The van der Waals surface area contributed by atoms with E-state index >= 15 is 0 Å². The molecular formula is C10H9F4NO. The molecule has 1 aliphatic rings. The van der Waals surface area contributed by atoms with Crippen molar-refractivity contribution in [1.29, 1.82) is 0 Å². The van der Waals surface area contributed by atoms with Gasteiger partial charge in [-0.3, -0.25) is 0 Å². The van der Waals surface area contributed by atoms with Crippen LogP contribution in [0.4, 0.5) is 17.6 Å². The van der Waals surface area contributed by atoms with E-state index in [9.17, 15) is 22.7 Å². The van der Waals surface area contributed by atoms with Crippen LogP contribution >= 0.6 is 0 Å². The maximum atomic E-state index is 13.6. The van der Waals surface area contributed by atoms with Crippen LogP contribution in [0.15, 0.2) is 18.2 Å². The van der Waals surface area contributed by atoms with Gasteiger partial charge >= 0.3 is 6.18 Å². The van der Waals surface area contributed by atoms with E-state index in [0.717, 1.165) is 6.07 Å². The Hall–Kier alpha value is -1.14. The summed E-state index contributed by atoms with van der Waals surface area (Å²) in [5, 5.41) is 12.5. The van der Waals surface area contributed by atoms with Crippen molar-refractivity contribution in [3.63, 3.8) is 0 Å². The molecule has 1 fully saturated rings. The number of rotatable bonds is 1. The zero-order valence-electron chi connectivity index (χ0n) is 8.11. The van der Waals surface area contributed by atoms with Gasteiger partial charge in [0, 0.05) is 18.7 Å². The molecule has 1 aromatic carbocycles. The Morgan fingerprint density at radius 2 is 1.88 bits per heavy atom. The molecule has 1 aromatic rings. The fourth-order valence-corrected chi connectivity index (χ4v) is 1.66. The normalized spacial score (nSPS) is 19.3. The zero-order valence-corrected chi connectivity index (χ0v) is 8.11. The van der Waals surface area contributed by atoms with Crippen LogP contribution in [0.3, 0.4) is 0 Å². The quantitative estimate of drug-likeness (QED) is 0.725. The first-order valence-corrected chi connectivity index (χ1v) is 4.64. The molecule has 6 heteroatoms. The molecule has 88 valence electrons. The van der Waals surface area contributed by atoms with Crippen LogP contribution in [-0.2, 0) is 11.8 Å². The third kappa shape index (κ3) is 1.68. The van der Waals surface area contributed by atoms with Crippen molar-refractivity contribution in [3.8, 4) is 0 Å². The molecule has 0 saturated carbocycles. The number of β-amino-alcohol motifs (C(OH)–C–C–N with tert-alkyl or cyclic N) is 1. The first-order chi connectivity index (χ1) is 7.34. The number of aliphatic hydroxyl groups is 1. The van der Waals surface area contributed by atoms with Gasteiger partial charge in [0.15, 0.2) is 0 Å². The van der Waals surface area contributed by atoms with Crippen LogP contribution in [0.1, 0.15) is 11.1 Å². The summed E-state index contributed by atoms with van der Waals surface area (Å²) in [5.41, 5.74) is -3.17. The van der Waals surface area contributed by atoms with Gasteiger partial charge in [-0.25, -0.2) is 4.39 Å². The molecule has 0 amide bonds. The zero-order chi connectivity index (χ0) is 12.0. The second-order valence-corrected chi connectivity index (χ2v) is 3.80. The van der Waals surface area contributed by atoms with Gasteiger partial charge in [0.1, 0.15) is 11.4 Å². The maximum absolute atomic E-state index is 13.6. The summed E-state index contributed by atoms with van der Waals surface area (Å²) in [6, 6.07) is 2.93. The van der Waals surface area contributed by atoms with Crippen LogP contribution in [0, 0.1) is 5.82 Å². The minimum absolute atomic E-state index is 0.0607. The topological polar surface area (TPSA) is 32.3 Å². The maximum Gasteiger partial charge on any atom is 0.419 e. The van der Waals surface area contributed by atoms with E-state index in [1.807, 2.05) is 0 Å². The van der Waals surface area contributed by atoms with E-state index in [1.165, 1.54) is 6.07 Å². The van der Waals surface area contributed by atoms with E-state index in [-0.39, 0.29) is 18.7 Å². The Morgan fingerprint density at radius 1 is 1.25 bits per heavy atom. The molecule has 0 aromatic heterocycles. The van der Waals surface area contributed by atoms with Gasteiger partial charge in [0.25, 0.3) is 0 Å². The van der Waals surface area contributed by atoms with Crippen LogP contribution in [0.5, 0.6) is 0 Å². The van der Waals surface area contributed by atoms with Crippen molar-refractivity contribution in [2.75, 3.05) is 13.1 Å². The second kappa shape index (κ2) is 3.43. The first-order valence-electron chi connectivity index (χ1n) is 4.64. The number of hydrogen-bond acceptors (Lipinski definition) is 2. The van der Waals surface area contributed by atoms with Crippen LogP contribution in [-0.4, -0.2) is 18.2 Å². The van der Waals surface area contributed by atoms with Crippen LogP contribution in [0.2, 0.25) is 0 Å². The van der Waals surface area contributed by atoms with Gasteiger partial charge in [-0.05, 0) is 6.07 Å². The molecule has 1 aliphatic heterocycles. The summed E-state index contributed by atoms with van der Waals surface area (Å²) in [6.45, 7) is 0.121. The van der Waals surface area contributed by atoms with Crippen LogP contribution in [0.25, 0.3) is 0 Å². The lowest BCUT2D eigenvalue weighted by Crippen LogP contribution is -2.57. The molecule has 16 heavy (non-hydrogen) atoms. The van der Waals surface area contributed by atoms with Gasteiger partial charge in [-0.15, -0.1) is 0 Å². The second-order valence-electron chi connectivity index (χ2n) is 3.80. The lowest BCUT2D eigenvalue weighted by atomic mass is 9.86. The number of nitrogens with one attached hydrogen (secondary N) is 1. The Labute approximate surface area is 88.9 Å². The van der Waals surface area contributed by atoms with Crippen molar-refractivity contribution in [2.24, 2.45) is 0 Å². The highest BCUT2D eigenvalue weighted by atomic mass is 19.4. The minimum atomic E-state index is -4.74. The average Bonchev–Trinajstić information content (AvgIpc) is 2.13. The minimum Gasteiger partial charge on any atom is -0.382 e. The molecule has 1 saturated heterocycles. The van der Waals surface area contributed by atoms with Crippen LogP contribution < -0.4 is 5.32 Å². The van der Waals surface area contributed by atoms with Crippen molar-refractivity contribution in [3.05, 3.63) is 35.1 Å². The van der Waals surface area contributed by atoms with Gasteiger partial charge in [0.05, 0.1) is 5.56 Å². The molecule has 0 unspecified atom stereocenters. The molecule has 0 spiro atoms. The number of hydrogen-bond donors (Lipinski definition) is 2. The van der Waals surface area contributed by atoms with Crippen molar-refractivity contribution < 1.29 is 22.7 Å². The molecule has 2 N–H and O–H groups in total. The van der Waals surface area contributed by atoms with E-state index in [2.05, 4.69) is 5.32 Å². The lowest BCUT2D eigenvalue weighted by Gasteiger charge is -2.38. The molecule has 2 rings (SSSR count). The number of alkyl halides is 3. The largest absolute Gasteiger partial charge is 0.419 e. The molecule has 0 bridgehead atoms. The molecular weight excluding hydrogens is 226 g/mol. The monoisotopic (exact) mass is 235 g/mol. The van der Waals surface area contributed by atoms with Gasteiger partial charge in [0.2, 0.25) is 0 Å². The summed E-state index contributed by atoms with van der Waals surface area (Å²) in [7, 11) is 0. The van der Waals surface area contributed by atoms with Gasteiger partial charge < -0.3 is 10.4 Å². The van der Waals surface area contributed by atoms with Gasteiger partial charge in [-0.2, -0.15) is 13.2 Å². The number of halogens is 4. The van der Waals surface area contributed by atoms with E-state index in [0.29, 0.717) is 6.07 Å². The molecule has 0 radical (unpaired) electrons. The standard InChI is InChI=1S/C10H9F4NO/c11-8-6(9(16)4-15-5-9)2-1-3-7(8)10(12,13)14/h1-3,15-16H,4-5H2. The Balaban J connectivity index is 2.49. The Bertz CT molecular complexity index is 412. The fraction of sp³-hybridized carbons (Fsp3) is 0.400. The lowest BCUT2D eigenvalue weighted by molar-refractivity contribution is -0.140. The fourth-order valence-electron chi connectivity index (χ4n) is 1.66. The predicted molar refractivity (Wildman–Crippen MR) is 48.2 cm³/mol. The molecule has 2 nitrogen and oxygen atoms in total. The third-order valence-electron chi connectivity index (χ3n) is 2.64. The third-order valence-corrected chi connectivity index (χ3v) is 2.64. The summed E-state index contributed by atoms with van der Waals surface area (Å²) in [6.07, 6.45) is -4.74. The predicted octanol–water partition coefficient (Wildman–Crippen LogP) is 1.64. The van der Waals surface area contributed by atoms with E-state index in [4.69, 9.17) is 0 Å². The number of benzene rings is 1. The summed E-state index contributed by atoms with van der Waals surface area (Å²) in [4.78, 5) is 0. The van der Waals surface area contributed by atoms with Gasteiger partial charge in [-0.1, -0.05) is 12.1 Å². The molecule has 0 aliphatic carbocycles. The van der Waals surface area contributed by atoms with Crippen molar-refractivity contribution in [1.82, 2.24) is 5.32 Å². The molecule has 0 atom stereocenters. The van der Waals surface area contributed by atoms with E-state index < -0.39 is 23.2 Å². The molecule has 1 heterocycles. The average molecular weight is 235 g/mol. The highest BCUT2D eigenvalue weighted by Crippen LogP contribution is 2.36.